The zero-order chi connectivity index (χ0) is 20.4. The fraction of sp³-hybridized carbons (Fsp3) is 0.412. The number of hydrogen-bond acceptors (Lipinski definition) is 5. The molecule has 27 heavy (non-hydrogen) atoms. The molecule has 0 aromatic heterocycles. The van der Waals surface area contributed by atoms with Gasteiger partial charge in [-0.1, -0.05) is 12.1 Å². The SMILES string of the molecule is CC(N=C1C(C#N)C(=O)N(C)C(=O)N1C)c1ccc(OCC(F)(F)F)cc1. The molecule has 0 spiro atoms. The molecule has 2 unspecified atom stereocenters. The summed E-state index contributed by atoms with van der Waals surface area (Å²) < 4.78 is 41.2. The van der Waals surface area contributed by atoms with Crippen LogP contribution in [0.5, 0.6) is 5.75 Å². The van der Waals surface area contributed by atoms with Gasteiger partial charge in [0.2, 0.25) is 0 Å². The van der Waals surface area contributed by atoms with Gasteiger partial charge < -0.3 is 4.74 Å². The number of imide groups is 1. The summed E-state index contributed by atoms with van der Waals surface area (Å²) in [5, 5.41) is 9.27. The van der Waals surface area contributed by atoms with E-state index in [1.807, 2.05) is 6.07 Å². The molecule has 1 aromatic rings. The lowest BCUT2D eigenvalue weighted by atomic mass is 10.0. The molecule has 0 bridgehead atoms. The lowest BCUT2D eigenvalue weighted by Gasteiger charge is -2.33. The molecule has 1 aromatic carbocycles. The number of benzene rings is 1. The van der Waals surface area contributed by atoms with Crippen molar-refractivity contribution in [2.75, 3.05) is 20.7 Å². The normalized spacial score (nSPS) is 20.6. The number of carbonyl (C=O) groups excluding carboxylic acids is 2. The number of halogens is 3. The largest absolute Gasteiger partial charge is 0.484 e. The van der Waals surface area contributed by atoms with Crippen LogP contribution < -0.4 is 4.74 Å². The summed E-state index contributed by atoms with van der Waals surface area (Å²) >= 11 is 0. The molecule has 1 fully saturated rings. The van der Waals surface area contributed by atoms with E-state index in [1.165, 1.54) is 38.4 Å². The predicted molar refractivity (Wildman–Crippen MR) is 88.9 cm³/mol. The first-order chi connectivity index (χ1) is 12.5. The highest BCUT2D eigenvalue weighted by atomic mass is 19.4. The predicted octanol–water partition coefficient (Wildman–Crippen LogP) is 2.75. The summed E-state index contributed by atoms with van der Waals surface area (Å²) in [6, 6.07) is 6.49. The summed E-state index contributed by atoms with van der Waals surface area (Å²) in [4.78, 5) is 30.5. The first kappa shape index (κ1) is 20.2. The molecule has 7 nitrogen and oxygen atoms in total. The molecule has 2 rings (SSSR count). The fourth-order valence-electron chi connectivity index (χ4n) is 2.47. The van der Waals surface area contributed by atoms with Crippen molar-refractivity contribution in [2.24, 2.45) is 10.9 Å². The number of carbonyl (C=O) groups is 2. The van der Waals surface area contributed by atoms with Gasteiger partial charge in [-0.25, -0.2) is 4.79 Å². The zero-order valence-electron chi connectivity index (χ0n) is 14.8. The maximum absolute atomic E-state index is 12.2. The summed E-state index contributed by atoms with van der Waals surface area (Å²) in [5.74, 6) is -1.81. The number of hydrogen-bond donors (Lipinski definition) is 0. The van der Waals surface area contributed by atoms with Crippen molar-refractivity contribution in [3.05, 3.63) is 29.8 Å². The molecule has 0 aliphatic carbocycles. The number of amidine groups is 1. The Kier molecular flexibility index (Phi) is 5.73. The van der Waals surface area contributed by atoms with Gasteiger partial charge in [0.15, 0.2) is 12.5 Å². The molecule has 1 aliphatic heterocycles. The number of aliphatic imine (C=N–C) groups is 1. The fourth-order valence-corrected chi connectivity index (χ4v) is 2.47. The van der Waals surface area contributed by atoms with Gasteiger partial charge in [0.1, 0.15) is 11.6 Å². The summed E-state index contributed by atoms with van der Waals surface area (Å²) in [6.45, 7) is 0.282. The van der Waals surface area contributed by atoms with Crippen molar-refractivity contribution in [1.82, 2.24) is 9.80 Å². The number of alkyl halides is 3. The van der Waals surface area contributed by atoms with Gasteiger partial charge in [-0.3, -0.25) is 19.6 Å². The third kappa shape index (κ3) is 4.55. The second-order valence-corrected chi connectivity index (χ2v) is 5.94. The number of nitriles is 1. The van der Waals surface area contributed by atoms with Crippen LogP contribution in [-0.4, -0.2) is 54.5 Å². The van der Waals surface area contributed by atoms with E-state index in [4.69, 9.17) is 0 Å². The number of amides is 3. The lowest BCUT2D eigenvalue weighted by molar-refractivity contribution is -0.153. The Bertz CT molecular complexity index is 799. The van der Waals surface area contributed by atoms with Crippen molar-refractivity contribution in [1.29, 1.82) is 5.26 Å². The highest BCUT2D eigenvalue weighted by Gasteiger charge is 2.41. The Balaban J connectivity index is 2.21. The summed E-state index contributed by atoms with van der Waals surface area (Å²) in [5.41, 5.74) is 0.616. The van der Waals surface area contributed by atoms with Gasteiger partial charge in [0, 0.05) is 14.1 Å². The van der Waals surface area contributed by atoms with Crippen molar-refractivity contribution in [3.8, 4) is 11.8 Å². The van der Waals surface area contributed by atoms with Crippen molar-refractivity contribution < 1.29 is 27.5 Å². The molecule has 0 saturated carbocycles. The van der Waals surface area contributed by atoms with Crippen molar-refractivity contribution in [2.45, 2.75) is 19.1 Å². The van der Waals surface area contributed by atoms with Crippen LogP contribution in [0.2, 0.25) is 0 Å². The highest BCUT2D eigenvalue weighted by molar-refractivity contribution is 6.19. The molecule has 3 amide bonds. The topological polar surface area (TPSA) is 86.0 Å². The smallest absolute Gasteiger partial charge is 0.422 e. The third-order valence-electron chi connectivity index (χ3n) is 3.97. The molecular weight excluding hydrogens is 365 g/mol. The van der Waals surface area contributed by atoms with E-state index >= 15 is 0 Å². The standard InChI is InChI=1S/C17H17F3N4O3/c1-10(11-4-6-12(7-5-11)27-9-17(18,19)20)22-14-13(8-21)15(25)24(3)16(26)23(14)2/h4-7,10,13H,9H2,1-3H3. The van der Waals surface area contributed by atoms with E-state index in [2.05, 4.69) is 9.73 Å². The lowest BCUT2D eigenvalue weighted by Crippen LogP contribution is -2.56. The van der Waals surface area contributed by atoms with E-state index in [0.29, 0.717) is 5.56 Å². The third-order valence-corrected chi connectivity index (χ3v) is 3.97. The minimum atomic E-state index is -4.43. The highest BCUT2D eigenvalue weighted by Crippen LogP contribution is 2.25. The average molecular weight is 382 g/mol. The van der Waals surface area contributed by atoms with Crippen LogP contribution in [0.1, 0.15) is 18.5 Å². The van der Waals surface area contributed by atoms with Crippen molar-refractivity contribution in [3.63, 3.8) is 0 Å². The molecule has 2 atom stereocenters. The Labute approximate surface area is 153 Å². The second-order valence-electron chi connectivity index (χ2n) is 5.94. The van der Waals surface area contributed by atoms with Crippen LogP contribution in [0.4, 0.5) is 18.0 Å². The Morgan fingerprint density at radius 3 is 2.33 bits per heavy atom. The maximum Gasteiger partial charge on any atom is 0.422 e. The Morgan fingerprint density at radius 2 is 1.81 bits per heavy atom. The molecule has 0 N–H and O–H groups in total. The van der Waals surface area contributed by atoms with Crippen LogP contribution in [-0.2, 0) is 4.79 Å². The molecule has 10 heteroatoms. The summed E-state index contributed by atoms with van der Waals surface area (Å²) in [7, 11) is 2.70. The van der Waals surface area contributed by atoms with Gasteiger partial charge in [0.25, 0.3) is 5.91 Å². The number of ether oxygens (including phenoxy) is 1. The molecule has 144 valence electrons. The van der Waals surface area contributed by atoms with Crippen LogP contribution in [0, 0.1) is 17.2 Å². The van der Waals surface area contributed by atoms with Gasteiger partial charge >= 0.3 is 12.2 Å². The minimum absolute atomic E-state index is 0.0236. The van der Waals surface area contributed by atoms with Gasteiger partial charge in [-0.05, 0) is 24.6 Å². The first-order valence-corrected chi connectivity index (χ1v) is 7.87. The Morgan fingerprint density at radius 1 is 1.22 bits per heavy atom. The van der Waals surface area contributed by atoms with Gasteiger partial charge in [0.05, 0.1) is 12.1 Å². The number of nitrogens with zero attached hydrogens (tertiary/aromatic N) is 4. The quantitative estimate of drug-likeness (QED) is 0.801. The number of urea groups is 1. The molecule has 1 saturated heterocycles. The minimum Gasteiger partial charge on any atom is -0.484 e. The summed E-state index contributed by atoms with van der Waals surface area (Å²) in [6.07, 6.45) is -4.43. The monoisotopic (exact) mass is 382 g/mol. The average Bonchev–Trinajstić information content (AvgIpc) is 2.62. The van der Waals surface area contributed by atoms with Crippen LogP contribution in [0.15, 0.2) is 29.3 Å². The van der Waals surface area contributed by atoms with Crippen LogP contribution in [0.25, 0.3) is 0 Å². The van der Waals surface area contributed by atoms with E-state index < -0.39 is 36.7 Å². The Hall–Kier alpha value is -3.09. The van der Waals surface area contributed by atoms with Crippen LogP contribution in [0.3, 0.4) is 0 Å². The van der Waals surface area contributed by atoms with Gasteiger partial charge in [-0.15, -0.1) is 0 Å². The van der Waals surface area contributed by atoms with Crippen molar-refractivity contribution >= 4 is 17.8 Å². The van der Waals surface area contributed by atoms with Crippen LogP contribution >= 0.6 is 0 Å². The zero-order valence-corrected chi connectivity index (χ0v) is 14.8. The first-order valence-electron chi connectivity index (χ1n) is 7.87. The van der Waals surface area contributed by atoms with E-state index in [-0.39, 0.29) is 11.6 Å². The van der Waals surface area contributed by atoms with E-state index in [1.54, 1.807) is 6.92 Å². The van der Waals surface area contributed by atoms with Gasteiger partial charge in [-0.2, -0.15) is 18.4 Å². The molecule has 0 radical (unpaired) electrons. The van der Waals surface area contributed by atoms with E-state index in [9.17, 15) is 28.0 Å². The maximum atomic E-state index is 12.2. The number of rotatable bonds is 4. The second kappa shape index (κ2) is 7.65. The molecular formula is C17H17F3N4O3. The molecule has 1 aliphatic rings. The molecule has 1 heterocycles. The van der Waals surface area contributed by atoms with E-state index in [0.717, 1.165) is 9.80 Å².